The molecule has 1 aromatic heterocycles. The molecule has 0 aliphatic rings. The van der Waals surface area contributed by atoms with E-state index in [9.17, 15) is 0 Å². The second kappa shape index (κ2) is 5.78. The maximum Gasteiger partial charge on any atom is 0.0963 e. The van der Waals surface area contributed by atoms with Crippen LogP contribution in [0.5, 0.6) is 0 Å². The molecule has 90 valence electrons. The van der Waals surface area contributed by atoms with Gasteiger partial charge in [-0.3, -0.25) is 0 Å². The largest absolute Gasteiger partial charge is 0.248 e. The van der Waals surface area contributed by atoms with Gasteiger partial charge in [-0.05, 0) is 24.1 Å². The van der Waals surface area contributed by atoms with Crippen molar-refractivity contribution in [1.29, 1.82) is 0 Å². The quantitative estimate of drug-likeness (QED) is 0.775. The van der Waals surface area contributed by atoms with Crippen LogP contribution in [-0.2, 0) is 6.54 Å². The van der Waals surface area contributed by atoms with Crippen molar-refractivity contribution in [3.8, 4) is 0 Å². The number of nitrogens with zero attached hydrogens (tertiary/aromatic N) is 3. The number of halogens is 2. The second-order valence-corrected chi connectivity index (χ2v) is 5.86. The lowest BCUT2D eigenvalue weighted by molar-refractivity contribution is 0.649. The van der Waals surface area contributed by atoms with Gasteiger partial charge in [-0.1, -0.05) is 56.1 Å². The van der Waals surface area contributed by atoms with Crippen LogP contribution in [0.15, 0.2) is 34.9 Å². The molecule has 17 heavy (non-hydrogen) atoms. The third kappa shape index (κ3) is 3.39. The molecule has 2 aromatic rings. The summed E-state index contributed by atoms with van der Waals surface area (Å²) in [5.74, 6) is 0. The molecular weight excluding hydrogens is 346 g/mol. The van der Waals surface area contributed by atoms with Gasteiger partial charge in [0.25, 0.3) is 0 Å². The van der Waals surface area contributed by atoms with Crippen LogP contribution in [0.2, 0.25) is 0 Å². The zero-order valence-corrected chi connectivity index (χ0v) is 12.6. The first kappa shape index (κ1) is 12.8. The Hall–Kier alpha value is -0.680. The van der Waals surface area contributed by atoms with Crippen LogP contribution in [0.1, 0.15) is 29.4 Å². The Morgan fingerprint density at radius 2 is 2.00 bits per heavy atom. The van der Waals surface area contributed by atoms with Crippen LogP contribution in [0.3, 0.4) is 0 Å². The van der Waals surface area contributed by atoms with Gasteiger partial charge in [-0.25, -0.2) is 4.68 Å². The molecule has 1 unspecified atom stereocenters. The van der Waals surface area contributed by atoms with E-state index in [1.165, 1.54) is 5.56 Å². The van der Waals surface area contributed by atoms with Crippen molar-refractivity contribution in [3.63, 3.8) is 0 Å². The minimum Gasteiger partial charge on any atom is -0.248 e. The third-order valence-electron chi connectivity index (χ3n) is 2.49. The highest BCUT2D eigenvalue weighted by Crippen LogP contribution is 2.23. The summed E-state index contributed by atoms with van der Waals surface area (Å²) in [6, 6.07) is 8.23. The molecule has 0 N–H and O–H groups in total. The Bertz CT molecular complexity index is 479. The number of alkyl halides is 1. The molecule has 1 aromatic carbocycles. The van der Waals surface area contributed by atoms with Crippen LogP contribution in [-0.4, -0.2) is 15.0 Å². The van der Waals surface area contributed by atoms with E-state index in [1.54, 1.807) is 0 Å². The Morgan fingerprint density at radius 3 is 2.65 bits per heavy atom. The molecule has 0 saturated carbocycles. The van der Waals surface area contributed by atoms with E-state index in [0.29, 0.717) is 4.83 Å². The average molecular weight is 359 g/mol. The van der Waals surface area contributed by atoms with Gasteiger partial charge in [0, 0.05) is 10.7 Å². The Balaban J connectivity index is 2.08. The normalized spacial score (nSPS) is 12.6. The molecule has 0 spiro atoms. The highest BCUT2D eigenvalue weighted by Gasteiger charge is 2.09. The first-order valence-corrected chi connectivity index (χ1v) is 7.18. The fourth-order valence-corrected chi connectivity index (χ4v) is 1.99. The molecule has 0 saturated heterocycles. The SMILES string of the molecule is CCC(Br)c1cn(Cc2ccc(Br)cc2)nn1. The van der Waals surface area contributed by atoms with Crippen molar-refractivity contribution >= 4 is 31.9 Å². The first-order chi connectivity index (χ1) is 8.19. The van der Waals surface area contributed by atoms with E-state index in [-0.39, 0.29) is 0 Å². The molecule has 0 bridgehead atoms. The molecule has 0 aliphatic carbocycles. The standard InChI is InChI=1S/C12H13Br2N3/c1-2-11(14)12-8-17(16-15-12)7-9-3-5-10(13)6-4-9/h3-6,8,11H,2,7H2,1H3. The smallest absolute Gasteiger partial charge is 0.0963 e. The molecule has 5 heteroatoms. The van der Waals surface area contributed by atoms with Crippen molar-refractivity contribution in [3.05, 3.63) is 46.2 Å². The van der Waals surface area contributed by atoms with Gasteiger partial charge in [-0.15, -0.1) is 5.10 Å². The van der Waals surface area contributed by atoms with Gasteiger partial charge in [0.05, 0.1) is 17.1 Å². The molecule has 2 rings (SSSR count). The number of aromatic nitrogens is 3. The summed E-state index contributed by atoms with van der Waals surface area (Å²) < 4.78 is 2.95. The van der Waals surface area contributed by atoms with Gasteiger partial charge < -0.3 is 0 Å². The molecular formula is C12H13Br2N3. The van der Waals surface area contributed by atoms with Crippen LogP contribution in [0, 0.1) is 0 Å². The highest BCUT2D eigenvalue weighted by molar-refractivity contribution is 9.10. The van der Waals surface area contributed by atoms with Crippen molar-refractivity contribution in [2.45, 2.75) is 24.7 Å². The minimum absolute atomic E-state index is 0.293. The maximum atomic E-state index is 4.16. The Morgan fingerprint density at radius 1 is 1.29 bits per heavy atom. The second-order valence-electron chi connectivity index (χ2n) is 3.84. The monoisotopic (exact) mass is 357 g/mol. The van der Waals surface area contributed by atoms with E-state index < -0.39 is 0 Å². The van der Waals surface area contributed by atoms with E-state index >= 15 is 0 Å². The number of hydrogen-bond acceptors (Lipinski definition) is 2. The molecule has 0 aliphatic heterocycles. The predicted octanol–water partition coefficient (Wildman–Crippen LogP) is 3.93. The molecule has 1 heterocycles. The Kier molecular flexibility index (Phi) is 4.34. The molecule has 3 nitrogen and oxygen atoms in total. The topological polar surface area (TPSA) is 30.7 Å². The van der Waals surface area contributed by atoms with Gasteiger partial charge >= 0.3 is 0 Å². The predicted molar refractivity (Wildman–Crippen MR) is 75.2 cm³/mol. The van der Waals surface area contributed by atoms with E-state index in [2.05, 4.69) is 61.2 Å². The lowest BCUT2D eigenvalue weighted by atomic mass is 10.2. The highest BCUT2D eigenvalue weighted by atomic mass is 79.9. The van der Waals surface area contributed by atoms with Gasteiger partial charge in [0.15, 0.2) is 0 Å². The molecule has 0 amide bonds. The van der Waals surface area contributed by atoms with E-state index in [4.69, 9.17) is 0 Å². The summed E-state index contributed by atoms with van der Waals surface area (Å²) in [5.41, 5.74) is 2.21. The van der Waals surface area contributed by atoms with Gasteiger partial charge in [0.1, 0.15) is 0 Å². The van der Waals surface area contributed by atoms with Crippen molar-refractivity contribution < 1.29 is 0 Å². The molecule has 1 atom stereocenters. The van der Waals surface area contributed by atoms with Crippen molar-refractivity contribution in [1.82, 2.24) is 15.0 Å². The number of hydrogen-bond donors (Lipinski definition) is 0. The zero-order chi connectivity index (χ0) is 12.3. The van der Waals surface area contributed by atoms with Crippen LogP contribution >= 0.6 is 31.9 Å². The van der Waals surface area contributed by atoms with Crippen LogP contribution in [0.25, 0.3) is 0 Å². The summed E-state index contributed by atoms with van der Waals surface area (Å²) in [4.78, 5) is 0.293. The number of rotatable bonds is 4. The summed E-state index contributed by atoms with van der Waals surface area (Å²) in [6.45, 7) is 2.87. The third-order valence-corrected chi connectivity index (χ3v) is 4.14. The lowest BCUT2D eigenvalue weighted by Gasteiger charge is -2.01. The van der Waals surface area contributed by atoms with E-state index in [0.717, 1.165) is 23.1 Å². The van der Waals surface area contributed by atoms with Crippen molar-refractivity contribution in [2.24, 2.45) is 0 Å². The molecule has 0 fully saturated rings. The lowest BCUT2D eigenvalue weighted by Crippen LogP contribution is -2.00. The fraction of sp³-hybridized carbons (Fsp3) is 0.333. The Labute approximate surface area is 117 Å². The summed E-state index contributed by atoms with van der Waals surface area (Å²) >= 11 is 6.99. The van der Waals surface area contributed by atoms with Crippen molar-refractivity contribution in [2.75, 3.05) is 0 Å². The van der Waals surface area contributed by atoms with Gasteiger partial charge in [0.2, 0.25) is 0 Å². The van der Waals surface area contributed by atoms with Gasteiger partial charge in [-0.2, -0.15) is 0 Å². The van der Waals surface area contributed by atoms with Crippen LogP contribution < -0.4 is 0 Å². The van der Waals surface area contributed by atoms with E-state index in [1.807, 2.05) is 23.0 Å². The zero-order valence-electron chi connectivity index (χ0n) is 9.48. The van der Waals surface area contributed by atoms with Crippen LogP contribution in [0.4, 0.5) is 0 Å². The number of benzene rings is 1. The minimum atomic E-state index is 0.293. The summed E-state index contributed by atoms with van der Waals surface area (Å²) in [5, 5.41) is 8.29. The summed E-state index contributed by atoms with van der Waals surface area (Å²) in [7, 11) is 0. The summed E-state index contributed by atoms with van der Waals surface area (Å²) in [6.07, 6.45) is 3.00. The fourth-order valence-electron chi connectivity index (χ4n) is 1.52. The maximum absolute atomic E-state index is 4.16. The molecule has 0 radical (unpaired) electrons. The average Bonchev–Trinajstić information content (AvgIpc) is 2.80. The first-order valence-electron chi connectivity index (χ1n) is 5.47.